The number of hydrogen-bond acceptors (Lipinski definition) is 5. The lowest BCUT2D eigenvalue weighted by Gasteiger charge is -2.31. The van der Waals surface area contributed by atoms with Gasteiger partial charge in [-0.2, -0.15) is 0 Å². The molecule has 0 radical (unpaired) electrons. The van der Waals surface area contributed by atoms with E-state index in [1.807, 2.05) is 28.1 Å². The van der Waals surface area contributed by atoms with Crippen LogP contribution in [0.1, 0.15) is 13.3 Å². The van der Waals surface area contributed by atoms with E-state index in [9.17, 15) is 14.7 Å². The SMILES string of the molecule is CCC(C(=O)Oc1c(-c2ccc(O)cc2)oc2ccccc2c1=O)[N+](C)(C)C. The van der Waals surface area contributed by atoms with Crippen molar-refractivity contribution in [3.63, 3.8) is 0 Å². The minimum absolute atomic E-state index is 0.0847. The van der Waals surface area contributed by atoms with E-state index in [0.717, 1.165) is 0 Å². The lowest BCUT2D eigenvalue weighted by molar-refractivity contribution is -0.887. The van der Waals surface area contributed by atoms with Crippen molar-refractivity contribution in [2.45, 2.75) is 19.4 Å². The van der Waals surface area contributed by atoms with Crippen LogP contribution in [0.4, 0.5) is 0 Å². The van der Waals surface area contributed by atoms with Crippen molar-refractivity contribution in [3.8, 4) is 22.8 Å². The molecule has 2 aromatic carbocycles. The summed E-state index contributed by atoms with van der Waals surface area (Å²) in [5, 5.41) is 9.90. The molecule has 0 bridgehead atoms. The number of carbonyl (C=O) groups is 1. The third-order valence-electron chi connectivity index (χ3n) is 4.68. The maximum absolute atomic E-state index is 13.1. The highest BCUT2D eigenvalue weighted by Crippen LogP contribution is 2.32. The summed E-state index contributed by atoms with van der Waals surface area (Å²) >= 11 is 0. The van der Waals surface area contributed by atoms with Crippen LogP contribution in [-0.4, -0.2) is 42.7 Å². The van der Waals surface area contributed by atoms with E-state index in [2.05, 4.69) is 0 Å². The first-order valence-corrected chi connectivity index (χ1v) is 9.10. The zero-order valence-corrected chi connectivity index (χ0v) is 16.4. The van der Waals surface area contributed by atoms with Gasteiger partial charge in [-0.05, 0) is 36.4 Å². The van der Waals surface area contributed by atoms with Gasteiger partial charge in [0.05, 0.1) is 26.5 Å². The second-order valence-electron chi connectivity index (χ2n) is 7.59. The van der Waals surface area contributed by atoms with Gasteiger partial charge in [-0.3, -0.25) is 4.79 Å². The van der Waals surface area contributed by atoms with Crippen molar-refractivity contribution >= 4 is 16.9 Å². The van der Waals surface area contributed by atoms with E-state index in [4.69, 9.17) is 9.15 Å². The monoisotopic (exact) mass is 382 g/mol. The summed E-state index contributed by atoms with van der Waals surface area (Å²) < 4.78 is 11.9. The Morgan fingerprint density at radius 1 is 1.11 bits per heavy atom. The Kier molecular flexibility index (Phi) is 5.25. The van der Waals surface area contributed by atoms with Crippen LogP contribution in [0, 0.1) is 0 Å². The molecule has 3 rings (SSSR count). The number of nitrogens with zero attached hydrogens (tertiary/aromatic N) is 1. The van der Waals surface area contributed by atoms with Crippen LogP contribution in [0.5, 0.6) is 11.5 Å². The first-order chi connectivity index (χ1) is 13.2. The normalized spacial score (nSPS) is 12.7. The van der Waals surface area contributed by atoms with Gasteiger partial charge >= 0.3 is 5.97 Å². The van der Waals surface area contributed by atoms with Crippen molar-refractivity contribution in [3.05, 3.63) is 58.8 Å². The number of carbonyl (C=O) groups excluding carboxylic acids is 1. The third-order valence-corrected chi connectivity index (χ3v) is 4.68. The maximum Gasteiger partial charge on any atom is 0.370 e. The number of phenolic OH excluding ortho intramolecular Hbond substituents is 1. The van der Waals surface area contributed by atoms with Gasteiger partial charge < -0.3 is 18.7 Å². The van der Waals surface area contributed by atoms with Gasteiger partial charge in [-0.15, -0.1) is 0 Å². The predicted octanol–water partition coefficient (Wildman–Crippen LogP) is 3.56. The number of esters is 1. The quantitative estimate of drug-likeness (QED) is 0.539. The molecule has 1 N–H and O–H groups in total. The van der Waals surface area contributed by atoms with Gasteiger partial charge in [-0.25, -0.2) is 4.79 Å². The Morgan fingerprint density at radius 3 is 2.36 bits per heavy atom. The Hall–Kier alpha value is -3.12. The molecule has 0 saturated carbocycles. The number of aromatic hydroxyl groups is 1. The van der Waals surface area contributed by atoms with Gasteiger partial charge in [0.25, 0.3) is 0 Å². The van der Waals surface area contributed by atoms with E-state index in [-0.39, 0.29) is 17.3 Å². The number of likely N-dealkylation sites (N-methyl/N-ethyl adjacent to an activating group) is 1. The lowest BCUT2D eigenvalue weighted by Crippen LogP contribution is -2.51. The fourth-order valence-corrected chi connectivity index (χ4v) is 3.22. The number of quaternary nitrogens is 1. The molecule has 0 fully saturated rings. The highest BCUT2D eigenvalue weighted by molar-refractivity contribution is 5.85. The maximum atomic E-state index is 13.1. The minimum Gasteiger partial charge on any atom is -0.508 e. The molecule has 0 spiro atoms. The van der Waals surface area contributed by atoms with Crippen LogP contribution >= 0.6 is 0 Å². The average Bonchev–Trinajstić information content (AvgIpc) is 2.64. The zero-order chi connectivity index (χ0) is 20.5. The van der Waals surface area contributed by atoms with Gasteiger partial charge in [0.2, 0.25) is 11.2 Å². The van der Waals surface area contributed by atoms with Crippen molar-refractivity contribution < 1.29 is 23.5 Å². The molecule has 146 valence electrons. The summed E-state index contributed by atoms with van der Waals surface area (Å²) in [5.74, 6) is -0.381. The first kappa shape index (κ1) is 19.6. The van der Waals surface area contributed by atoms with Gasteiger partial charge in [0.15, 0.2) is 11.8 Å². The molecule has 0 aliphatic heterocycles. The molecular formula is C22H24NO5+. The largest absolute Gasteiger partial charge is 0.508 e. The van der Waals surface area contributed by atoms with Crippen LogP contribution in [0.25, 0.3) is 22.3 Å². The Balaban J connectivity index is 2.18. The summed E-state index contributed by atoms with van der Waals surface area (Å²) in [6.45, 7) is 1.90. The number of rotatable bonds is 5. The Morgan fingerprint density at radius 2 is 1.75 bits per heavy atom. The topological polar surface area (TPSA) is 76.7 Å². The molecule has 6 heteroatoms. The van der Waals surface area contributed by atoms with Gasteiger partial charge in [0, 0.05) is 12.0 Å². The van der Waals surface area contributed by atoms with Crippen LogP contribution in [-0.2, 0) is 4.79 Å². The fraction of sp³-hybridized carbons (Fsp3) is 0.273. The molecule has 1 heterocycles. The summed E-state index contributed by atoms with van der Waals surface area (Å²) in [6.07, 6.45) is 0.565. The molecule has 1 aromatic heterocycles. The highest BCUT2D eigenvalue weighted by Gasteiger charge is 2.33. The molecule has 28 heavy (non-hydrogen) atoms. The molecule has 1 unspecified atom stereocenters. The molecule has 0 amide bonds. The lowest BCUT2D eigenvalue weighted by atomic mass is 10.1. The highest BCUT2D eigenvalue weighted by atomic mass is 16.5. The van der Waals surface area contributed by atoms with E-state index in [0.29, 0.717) is 27.4 Å². The summed E-state index contributed by atoms with van der Waals surface area (Å²) in [7, 11) is 5.71. The summed E-state index contributed by atoms with van der Waals surface area (Å²) in [6, 6.07) is 12.6. The third kappa shape index (κ3) is 3.77. The van der Waals surface area contributed by atoms with Gasteiger partial charge in [-0.1, -0.05) is 19.1 Å². The standard InChI is InChI=1S/C22H23NO5/c1-5-17(23(2,3)4)22(26)28-21-19(25)16-8-6-7-9-18(16)27-20(21)14-10-12-15(24)13-11-14/h6-13,17H,5H2,1-4H3/p+1. The number of benzene rings is 2. The van der Waals surface area contributed by atoms with Crippen molar-refractivity contribution in [2.24, 2.45) is 0 Å². The number of ether oxygens (including phenoxy) is 1. The van der Waals surface area contributed by atoms with Crippen molar-refractivity contribution in [2.75, 3.05) is 21.1 Å². The number of phenols is 1. The van der Waals surface area contributed by atoms with Crippen LogP contribution in [0.15, 0.2) is 57.7 Å². The summed E-state index contributed by atoms with van der Waals surface area (Å²) in [4.78, 5) is 26.0. The minimum atomic E-state index is -0.488. The molecular weight excluding hydrogens is 358 g/mol. The van der Waals surface area contributed by atoms with Crippen LogP contribution in [0.2, 0.25) is 0 Å². The predicted molar refractivity (Wildman–Crippen MR) is 107 cm³/mol. The molecule has 0 aliphatic carbocycles. The van der Waals surface area contributed by atoms with E-state index in [1.54, 1.807) is 36.4 Å². The van der Waals surface area contributed by atoms with E-state index >= 15 is 0 Å². The molecule has 6 nitrogen and oxygen atoms in total. The Labute approximate surface area is 163 Å². The number of para-hydroxylation sites is 1. The summed E-state index contributed by atoms with van der Waals surface area (Å²) in [5.41, 5.74) is 0.519. The van der Waals surface area contributed by atoms with Crippen LogP contribution in [0.3, 0.4) is 0 Å². The van der Waals surface area contributed by atoms with E-state index in [1.165, 1.54) is 12.1 Å². The van der Waals surface area contributed by atoms with Crippen molar-refractivity contribution in [1.82, 2.24) is 0 Å². The van der Waals surface area contributed by atoms with Crippen LogP contribution < -0.4 is 10.2 Å². The average molecular weight is 382 g/mol. The number of fused-ring (bicyclic) bond motifs is 1. The molecule has 1 atom stereocenters. The van der Waals surface area contributed by atoms with E-state index < -0.39 is 17.4 Å². The second kappa shape index (κ2) is 7.48. The smallest absolute Gasteiger partial charge is 0.370 e. The fourth-order valence-electron chi connectivity index (χ4n) is 3.22. The van der Waals surface area contributed by atoms with Crippen molar-refractivity contribution in [1.29, 1.82) is 0 Å². The first-order valence-electron chi connectivity index (χ1n) is 9.10. The molecule has 0 aliphatic rings. The Bertz CT molecular complexity index is 1060. The molecule has 3 aromatic rings. The zero-order valence-electron chi connectivity index (χ0n) is 16.4. The second-order valence-corrected chi connectivity index (χ2v) is 7.59. The number of hydrogen-bond donors (Lipinski definition) is 1. The molecule has 0 saturated heterocycles. The van der Waals surface area contributed by atoms with Gasteiger partial charge in [0.1, 0.15) is 11.3 Å².